The van der Waals surface area contributed by atoms with Crippen LogP contribution in [0.5, 0.6) is 0 Å². The van der Waals surface area contributed by atoms with Crippen molar-refractivity contribution in [2.24, 2.45) is 0 Å². The Kier molecular flexibility index (Phi) is 7.75. The van der Waals surface area contributed by atoms with Gasteiger partial charge in [-0.15, -0.1) is 0 Å². The second-order valence-corrected chi connectivity index (χ2v) is 8.87. The van der Waals surface area contributed by atoms with Crippen molar-refractivity contribution in [1.82, 2.24) is 35.7 Å². The van der Waals surface area contributed by atoms with Crippen LogP contribution in [-0.2, 0) is 5.41 Å². The molecule has 0 radical (unpaired) electrons. The van der Waals surface area contributed by atoms with Crippen LogP contribution in [0.1, 0.15) is 55.8 Å². The van der Waals surface area contributed by atoms with E-state index in [1.165, 1.54) is 18.6 Å². The van der Waals surface area contributed by atoms with Crippen molar-refractivity contribution in [3.8, 4) is 11.4 Å². The molecular weight excluding hydrogens is 477 g/mol. The lowest BCUT2D eigenvalue weighted by molar-refractivity contribution is 0.0895. The molecule has 13 heteroatoms. The Morgan fingerprint density at radius 3 is 2.63 bits per heavy atom. The standard InChI is InChI=1S/C22H25ClFN9O2/c1-11(29-18(34)19-32-20(33-35-19)22(2,3)4)13-6-7-14(16(24)15(13)23)17-27-10-28-21(31-17)30-12(8-25)9-26-5/h6-11,25-26H,1-5H3,(H,29,34)(H,27,28,30,31)/b12-9+,25-8?/t11-/m1/s1. The molecule has 1 atom stereocenters. The van der Waals surface area contributed by atoms with E-state index in [1.54, 1.807) is 20.0 Å². The molecule has 0 aliphatic rings. The quantitative estimate of drug-likeness (QED) is 0.338. The minimum absolute atomic E-state index is 0.0412. The predicted octanol–water partition coefficient (Wildman–Crippen LogP) is 3.62. The molecule has 0 bridgehead atoms. The summed E-state index contributed by atoms with van der Waals surface area (Å²) in [7, 11) is 1.68. The Balaban J connectivity index is 1.82. The Morgan fingerprint density at radius 2 is 2.00 bits per heavy atom. The summed E-state index contributed by atoms with van der Waals surface area (Å²) >= 11 is 6.31. The minimum Gasteiger partial charge on any atom is -0.392 e. The number of rotatable bonds is 8. The summed E-state index contributed by atoms with van der Waals surface area (Å²) in [5, 5.41) is 19.3. The summed E-state index contributed by atoms with van der Waals surface area (Å²) in [6, 6.07) is 2.37. The van der Waals surface area contributed by atoms with Crippen molar-refractivity contribution in [2.75, 3.05) is 12.4 Å². The van der Waals surface area contributed by atoms with Gasteiger partial charge in [0.05, 0.1) is 22.3 Å². The average molecular weight is 502 g/mol. The van der Waals surface area contributed by atoms with Gasteiger partial charge in [0.25, 0.3) is 0 Å². The second kappa shape index (κ2) is 10.6. The molecule has 3 aromatic rings. The fourth-order valence-corrected chi connectivity index (χ4v) is 3.24. The first-order chi connectivity index (χ1) is 16.5. The number of benzene rings is 1. The Bertz CT molecular complexity index is 1270. The third-order valence-corrected chi connectivity index (χ3v) is 5.13. The van der Waals surface area contributed by atoms with Crippen LogP contribution in [-0.4, -0.2) is 44.3 Å². The van der Waals surface area contributed by atoms with E-state index in [9.17, 15) is 4.79 Å². The molecule has 3 rings (SSSR count). The van der Waals surface area contributed by atoms with Gasteiger partial charge in [-0.3, -0.25) is 4.79 Å². The van der Waals surface area contributed by atoms with E-state index >= 15 is 4.39 Å². The molecular formula is C22H25ClFN9O2. The number of carbonyl (C=O) groups is 1. The van der Waals surface area contributed by atoms with Gasteiger partial charge in [0.1, 0.15) is 6.33 Å². The van der Waals surface area contributed by atoms with Crippen LogP contribution in [0.15, 0.2) is 34.9 Å². The summed E-state index contributed by atoms with van der Waals surface area (Å²) in [4.78, 5) is 28.9. The topological polar surface area (TPSA) is 155 Å². The second-order valence-electron chi connectivity index (χ2n) is 8.49. The number of amides is 1. The normalized spacial score (nSPS) is 12.7. The van der Waals surface area contributed by atoms with Crippen LogP contribution in [0.25, 0.3) is 11.4 Å². The van der Waals surface area contributed by atoms with Crippen molar-refractivity contribution < 1.29 is 13.7 Å². The molecule has 0 aliphatic heterocycles. The van der Waals surface area contributed by atoms with Crippen LogP contribution in [0.4, 0.5) is 10.3 Å². The monoisotopic (exact) mass is 501 g/mol. The van der Waals surface area contributed by atoms with Crippen LogP contribution in [0.3, 0.4) is 0 Å². The van der Waals surface area contributed by atoms with E-state index in [1.807, 2.05) is 20.8 Å². The molecule has 0 saturated carbocycles. The third kappa shape index (κ3) is 5.96. The zero-order valence-electron chi connectivity index (χ0n) is 19.8. The van der Waals surface area contributed by atoms with Crippen molar-refractivity contribution in [3.05, 3.63) is 58.5 Å². The highest BCUT2D eigenvalue weighted by Crippen LogP contribution is 2.32. The first-order valence-electron chi connectivity index (χ1n) is 10.5. The number of hydrogen-bond acceptors (Lipinski definition) is 10. The third-order valence-electron chi connectivity index (χ3n) is 4.74. The number of aromatic nitrogens is 5. The maximum absolute atomic E-state index is 15.2. The van der Waals surface area contributed by atoms with Crippen LogP contribution >= 0.6 is 11.6 Å². The molecule has 35 heavy (non-hydrogen) atoms. The molecule has 2 heterocycles. The average Bonchev–Trinajstić information content (AvgIpc) is 3.32. The number of nitrogens with zero attached hydrogens (tertiary/aromatic N) is 5. The maximum Gasteiger partial charge on any atom is 0.315 e. The van der Waals surface area contributed by atoms with Gasteiger partial charge in [-0.2, -0.15) is 9.97 Å². The Labute approximate surface area is 206 Å². The minimum atomic E-state index is -0.756. The van der Waals surface area contributed by atoms with Gasteiger partial charge in [0, 0.05) is 24.9 Å². The fraction of sp³-hybridized carbons (Fsp3) is 0.318. The van der Waals surface area contributed by atoms with Gasteiger partial charge < -0.3 is 25.9 Å². The van der Waals surface area contributed by atoms with E-state index in [4.69, 9.17) is 21.5 Å². The lowest BCUT2D eigenvalue weighted by atomic mass is 9.96. The zero-order valence-corrected chi connectivity index (χ0v) is 20.5. The molecule has 11 nitrogen and oxygen atoms in total. The van der Waals surface area contributed by atoms with Crippen LogP contribution in [0.2, 0.25) is 5.02 Å². The molecule has 0 unspecified atom stereocenters. The van der Waals surface area contributed by atoms with Gasteiger partial charge >= 0.3 is 11.8 Å². The Hall–Kier alpha value is -3.93. The first kappa shape index (κ1) is 25.7. The molecule has 1 amide bonds. The molecule has 4 N–H and O–H groups in total. The van der Waals surface area contributed by atoms with E-state index in [-0.39, 0.29) is 33.7 Å². The summed E-state index contributed by atoms with van der Waals surface area (Å²) in [5.41, 5.74) is 0.388. The molecule has 0 fully saturated rings. The molecule has 1 aromatic carbocycles. The summed E-state index contributed by atoms with van der Waals surface area (Å²) in [6.07, 6.45) is 3.82. The fourth-order valence-electron chi connectivity index (χ4n) is 2.91. The molecule has 2 aromatic heterocycles. The number of halogens is 2. The van der Waals surface area contributed by atoms with Gasteiger partial charge in [0.15, 0.2) is 17.5 Å². The number of anilines is 1. The number of nitrogens with one attached hydrogen (secondary N) is 4. The molecule has 0 aliphatic carbocycles. The molecule has 0 saturated heterocycles. The highest BCUT2D eigenvalue weighted by atomic mass is 35.5. The summed E-state index contributed by atoms with van der Waals surface area (Å²) < 4.78 is 20.3. The zero-order chi connectivity index (χ0) is 25.8. The van der Waals surface area contributed by atoms with E-state index in [2.05, 4.69) is 41.0 Å². The van der Waals surface area contributed by atoms with Gasteiger partial charge in [0.2, 0.25) is 5.95 Å². The number of allylic oxidation sites excluding steroid dienone is 1. The van der Waals surface area contributed by atoms with Crippen molar-refractivity contribution in [3.63, 3.8) is 0 Å². The van der Waals surface area contributed by atoms with Gasteiger partial charge in [-0.25, -0.2) is 14.4 Å². The van der Waals surface area contributed by atoms with Crippen molar-refractivity contribution >= 4 is 29.7 Å². The summed E-state index contributed by atoms with van der Waals surface area (Å²) in [6.45, 7) is 7.33. The molecule has 184 valence electrons. The van der Waals surface area contributed by atoms with Gasteiger partial charge in [-0.1, -0.05) is 43.6 Å². The van der Waals surface area contributed by atoms with Crippen LogP contribution < -0.4 is 16.0 Å². The largest absolute Gasteiger partial charge is 0.392 e. The summed E-state index contributed by atoms with van der Waals surface area (Å²) in [5.74, 6) is -1.01. The Morgan fingerprint density at radius 1 is 1.26 bits per heavy atom. The highest BCUT2D eigenvalue weighted by molar-refractivity contribution is 6.32. The SMILES string of the molecule is CN/C=C(\C=N)Nc1ncnc(-c2ccc([C@@H](C)NC(=O)c3nc(C(C)(C)C)no3)c(Cl)c2F)n1. The van der Waals surface area contributed by atoms with E-state index < -0.39 is 17.8 Å². The maximum atomic E-state index is 15.2. The van der Waals surface area contributed by atoms with Gasteiger partial charge in [-0.05, 0) is 18.6 Å². The van der Waals surface area contributed by atoms with Crippen molar-refractivity contribution in [1.29, 1.82) is 5.41 Å². The highest BCUT2D eigenvalue weighted by Gasteiger charge is 2.26. The predicted molar refractivity (Wildman–Crippen MR) is 129 cm³/mol. The lowest BCUT2D eigenvalue weighted by Gasteiger charge is -2.16. The van der Waals surface area contributed by atoms with Crippen molar-refractivity contribution in [2.45, 2.75) is 39.2 Å². The smallest absolute Gasteiger partial charge is 0.315 e. The molecule has 0 spiro atoms. The number of hydrogen-bond donors (Lipinski definition) is 4. The number of carbonyl (C=O) groups excluding carboxylic acids is 1. The first-order valence-corrected chi connectivity index (χ1v) is 10.9. The van der Waals surface area contributed by atoms with E-state index in [0.29, 0.717) is 17.1 Å². The van der Waals surface area contributed by atoms with Crippen LogP contribution in [0, 0.1) is 11.2 Å². The lowest BCUT2D eigenvalue weighted by Crippen LogP contribution is -2.27. The van der Waals surface area contributed by atoms with E-state index in [0.717, 1.165) is 6.21 Å².